The molecule has 0 amide bonds. The van der Waals surface area contributed by atoms with Crippen LogP contribution < -0.4 is 0 Å². The molecule has 4 nitrogen and oxygen atoms in total. The highest BCUT2D eigenvalue weighted by atomic mass is 28.4. The predicted molar refractivity (Wildman–Crippen MR) is 115 cm³/mol. The lowest BCUT2D eigenvalue weighted by molar-refractivity contribution is -0.140. The highest BCUT2D eigenvalue weighted by Crippen LogP contribution is 2.31. The Morgan fingerprint density at radius 1 is 0.778 bits per heavy atom. The van der Waals surface area contributed by atoms with Gasteiger partial charge in [0.15, 0.2) is 8.32 Å². The van der Waals surface area contributed by atoms with Crippen LogP contribution in [0.3, 0.4) is 0 Å². The second kappa shape index (κ2) is 14.6. The first-order chi connectivity index (χ1) is 12.9. The van der Waals surface area contributed by atoms with Crippen molar-refractivity contribution in [1.82, 2.24) is 0 Å². The third-order valence-electron chi connectivity index (χ3n) is 5.20. The van der Waals surface area contributed by atoms with Gasteiger partial charge in [-0.1, -0.05) is 57.8 Å². The number of methoxy groups -OCH3 is 1. The van der Waals surface area contributed by atoms with Gasteiger partial charge in [-0.15, -0.1) is 0 Å². The molecule has 0 radical (unpaired) electrons. The van der Waals surface area contributed by atoms with Crippen molar-refractivity contribution in [2.45, 2.75) is 122 Å². The third kappa shape index (κ3) is 15.2. The van der Waals surface area contributed by atoms with Crippen molar-refractivity contribution in [2.75, 3.05) is 13.7 Å². The molecule has 1 aliphatic rings. The van der Waals surface area contributed by atoms with Gasteiger partial charge in [-0.25, -0.2) is 0 Å². The van der Waals surface area contributed by atoms with Gasteiger partial charge in [-0.05, 0) is 45.3 Å². The highest BCUT2D eigenvalue weighted by Gasteiger charge is 2.36. The molecule has 1 fully saturated rings. The normalized spacial score (nSPS) is 19.3. The summed E-state index contributed by atoms with van der Waals surface area (Å²) in [5.74, 6) is -0.0831. The molecular formula is C22H44O4Si. The molecule has 0 unspecified atom stereocenters. The number of epoxide rings is 1. The zero-order valence-electron chi connectivity index (χ0n) is 18.4. The summed E-state index contributed by atoms with van der Waals surface area (Å²) in [6, 6.07) is 0. The summed E-state index contributed by atoms with van der Waals surface area (Å²) < 4.78 is 16.3. The molecule has 5 heteroatoms. The fourth-order valence-electron chi connectivity index (χ4n) is 3.47. The maximum absolute atomic E-state index is 11.0. The molecule has 160 valence electrons. The molecule has 0 aliphatic carbocycles. The smallest absolute Gasteiger partial charge is 0.305 e. The van der Waals surface area contributed by atoms with Gasteiger partial charge in [-0.2, -0.15) is 0 Å². The fourth-order valence-corrected chi connectivity index (χ4v) is 4.22. The summed E-state index contributed by atoms with van der Waals surface area (Å²) >= 11 is 0. The zero-order valence-corrected chi connectivity index (χ0v) is 19.4. The van der Waals surface area contributed by atoms with Crippen molar-refractivity contribution in [1.29, 1.82) is 0 Å². The standard InChI is InChI=1S/C22H44O4Si/c1-24-22(23)18-14-10-7-9-13-17-21-20(26-21)16-12-8-5-6-11-15-19-25-27(2,3)4/h20-21H,5-19H2,1-4H3/t20-,21+/m0/s1. The summed E-state index contributed by atoms with van der Waals surface area (Å²) in [7, 11) is 0.153. The molecular weight excluding hydrogens is 356 g/mol. The van der Waals surface area contributed by atoms with Crippen molar-refractivity contribution >= 4 is 14.3 Å². The van der Waals surface area contributed by atoms with Crippen LogP contribution in [0.15, 0.2) is 0 Å². The maximum atomic E-state index is 11.0. The number of carbonyl (C=O) groups is 1. The Hall–Kier alpha value is -0.393. The summed E-state index contributed by atoms with van der Waals surface area (Å²) in [5.41, 5.74) is 0. The molecule has 1 rings (SSSR count). The van der Waals surface area contributed by atoms with Crippen molar-refractivity contribution in [3.63, 3.8) is 0 Å². The Kier molecular flexibility index (Phi) is 13.3. The predicted octanol–water partition coefficient (Wildman–Crippen LogP) is 6.24. The number of esters is 1. The summed E-state index contributed by atoms with van der Waals surface area (Å²) in [6.07, 6.45) is 17.9. The Balaban J connectivity index is 1.77. The highest BCUT2D eigenvalue weighted by molar-refractivity contribution is 6.69. The van der Waals surface area contributed by atoms with Crippen LogP contribution in [0.5, 0.6) is 0 Å². The van der Waals surface area contributed by atoms with Gasteiger partial charge in [0.25, 0.3) is 0 Å². The van der Waals surface area contributed by atoms with Gasteiger partial charge < -0.3 is 13.9 Å². The van der Waals surface area contributed by atoms with E-state index >= 15 is 0 Å². The van der Waals surface area contributed by atoms with Crippen LogP contribution in [0.4, 0.5) is 0 Å². The Morgan fingerprint density at radius 3 is 1.78 bits per heavy atom. The molecule has 2 atom stereocenters. The molecule has 0 N–H and O–H groups in total. The monoisotopic (exact) mass is 400 g/mol. The maximum Gasteiger partial charge on any atom is 0.305 e. The van der Waals surface area contributed by atoms with Crippen LogP contribution in [0.2, 0.25) is 19.6 Å². The van der Waals surface area contributed by atoms with E-state index in [4.69, 9.17) is 9.16 Å². The zero-order chi connectivity index (χ0) is 20.0. The number of rotatable bonds is 18. The van der Waals surface area contributed by atoms with Crippen LogP contribution in [-0.2, 0) is 18.7 Å². The van der Waals surface area contributed by atoms with Crippen LogP contribution in [0.1, 0.15) is 89.9 Å². The van der Waals surface area contributed by atoms with Crippen molar-refractivity contribution < 1.29 is 18.7 Å². The topological polar surface area (TPSA) is 48.1 Å². The molecule has 0 aromatic heterocycles. The molecule has 1 aliphatic heterocycles. The quantitative estimate of drug-likeness (QED) is 0.118. The number of unbranched alkanes of at least 4 members (excludes halogenated alkanes) is 9. The fraction of sp³-hybridized carbons (Fsp3) is 0.955. The van der Waals surface area contributed by atoms with Crippen molar-refractivity contribution in [2.24, 2.45) is 0 Å². The van der Waals surface area contributed by atoms with Gasteiger partial charge in [0.1, 0.15) is 0 Å². The van der Waals surface area contributed by atoms with Crippen molar-refractivity contribution in [3.05, 3.63) is 0 Å². The van der Waals surface area contributed by atoms with Gasteiger partial charge in [0.2, 0.25) is 0 Å². The van der Waals surface area contributed by atoms with E-state index in [1.807, 2.05) is 0 Å². The lowest BCUT2D eigenvalue weighted by Gasteiger charge is -2.16. The second-order valence-corrected chi connectivity index (χ2v) is 13.5. The second-order valence-electron chi connectivity index (χ2n) is 8.97. The molecule has 0 bridgehead atoms. The third-order valence-corrected chi connectivity index (χ3v) is 6.27. The van der Waals surface area contributed by atoms with E-state index in [0.717, 1.165) is 19.4 Å². The van der Waals surface area contributed by atoms with Crippen LogP contribution >= 0.6 is 0 Å². The van der Waals surface area contributed by atoms with Crippen LogP contribution in [-0.4, -0.2) is 40.2 Å². The summed E-state index contributed by atoms with van der Waals surface area (Å²) in [4.78, 5) is 11.0. The molecule has 27 heavy (non-hydrogen) atoms. The van der Waals surface area contributed by atoms with E-state index in [1.165, 1.54) is 77.7 Å². The van der Waals surface area contributed by atoms with Gasteiger partial charge in [0, 0.05) is 13.0 Å². The van der Waals surface area contributed by atoms with Crippen LogP contribution in [0, 0.1) is 0 Å². The SMILES string of the molecule is COC(=O)CCCCCCC[C@H]1O[C@H]1CCCCCCCCO[Si](C)(C)C. The van der Waals surface area contributed by atoms with E-state index in [2.05, 4.69) is 24.4 Å². The number of hydrogen-bond donors (Lipinski definition) is 0. The summed E-state index contributed by atoms with van der Waals surface area (Å²) in [6.45, 7) is 7.73. The number of hydrogen-bond acceptors (Lipinski definition) is 4. The van der Waals surface area contributed by atoms with E-state index in [-0.39, 0.29) is 5.97 Å². The van der Waals surface area contributed by atoms with Crippen LogP contribution in [0.25, 0.3) is 0 Å². The minimum Gasteiger partial charge on any atom is -0.469 e. The van der Waals surface area contributed by atoms with Gasteiger partial charge in [0.05, 0.1) is 19.3 Å². The first kappa shape index (κ1) is 24.6. The van der Waals surface area contributed by atoms with Gasteiger partial charge in [-0.3, -0.25) is 4.79 Å². The minimum absolute atomic E-state index is 0.0831. The molecule has 0 aromatic rings. The van der Waals surface area contributed by atoms with E-state index in [0.29, 0.717) is 18.6 Å². The average molecular weight is 401 g/mol. The Bertz CT molecular complexity index is 381. The lowest BCUT2D eigenvalue weighted by atomic mass is 10.0. The molecule has 1 saturated heterocycles. The van der Waals surface area contributed by atoms with E-state index in [1.54, 1.807) is 0 Å². The van der Waals surface area contributed by atoms with E-state index in [9.17, 15) is 4.79 Å². The van der Waals surface area contributed by atoms with Gasteiger partial charge >= 0.3 is 5.97 Å². The molecule has 0 aromatic carbocycles. The first-order valence-corrected chi connectivity index (χ1v) is 14.7. The molecule has 0 saturated carbocycles. The van der Waals surface area contributed by atoms with E-state index < -0.39 is 8.32 Å². The lowest BCUT2D eigenvalue weighted by Crippen LogP contribution is -2.25. The Morgan fingerprint density at radius 2 is 1.26 bits per heavy atom. The summed E-state index contributed by atoms with van der Waals surface area (Å²) in [5, 5.41) is 0. The minimum atomic E-state index is -1.31. The average Bonchev–Trinajstić information content (AvgIpc) is 3.36. The largest absolute Gasteiger partial charge is 0.469 e. The number of ether oxygens (including phenoxy) is 2. The first-order valence-electron chi connectivity index (χ1n) is 11.3. The molecule has 1 heterocycles. The molecule has 0 spiro atoms. The number of carbonyl (C=O) groups excluding carboxylic acids is 1. The Labute approximate surface area is 168 Å². The van der Waals surface area contributed by atoms with Crippen molar-refractivity contribution in [3.8, 4) is 0 Å².